The van der Waals surface area contributed by atoms with E-state index in [9.17, 15) is 24.1 Å². The van der Waals surface area contributed by atoms with Crippen LogP contribution in [0.1, 0.15) is 32.2 Å². The highest BCUT2D eigenvalue weighted by atomic mass is 79.9. The molecule has 1 aromatic heterocycles. The fraction of sp³-hybridized carbons (Fsp3) is 0.185. The highest BCUT2D eigenvalue weighted by Crippen LogP contribution is 2.36. The maximum atomic E-state index is 13.8. The second-order valence-electron chi connectivity index (χ2n) is 9.63. The summed E-state index contributed by atoms with van der Waals surface area (Å²) in [4.78, 5) is 41.4. The molecule has 0 aliphatic carbocycles. The Morgan fingerprint density at radius 2 is 1.93 bits per heavy atom. The summed E-state index contributed by atoms with van der Waals surface area (Å²) in [5.74, 6) is -1.13. The molecule has 1 heterocycles. The lowest BCUT2D eigenvalue weighted by Gasteiger charge is -2.20. The molecule has 0 spiro atoms. The maximum absolute atomic E-state index is 13.8. The zero-order chi connectivity index (χ0) is 29.2. The summed E-state index contributed by atoms with van der Waals surface area (Å²) in [6.07, 6.45) is 1.30. The number of nitro groups is 1. The zero-order valence-electron chi connectivity index (χ0n) is 21.4. The van der Waals surface area contributed by atoms with Crippen LogP contribution in [0.3, 0.4) is 0 Å². The van der Waals surface area contributed by atoms with Crippen molar-refractivity contribution in [3.63, 3.8) is 0 Å². The van der Waals surface area contributed by atoms with E-state index in [1.54, 1.807) is 24.3 Å². The van der Waals surface area contributed by atoms with Crippen molar-refractivity contribution in [2.75, 3.05) is 11.9 Å². The summed E-state index contributed by atoms with van der Waals surface area (Å²) >= 11 is 6.62. The van der Waals surface area contributed by atoms with E-state index in [-0.39, 0.29) is 21.5 Å². The number of ether oxygens (including phenoxy) is 1. The van der Waals surface area contributed by atoms with E-state index in [0.29, 0.717) is 21.2 Å². The lowest BCUT2D eigenvalue weighted by atomic mass is 9.95. The first kappa shape index (κ1) is 29.0. The van der Waals surface area contributed by atoms with E-state index < -0.39 is 39.9 Å². The summed E-state index contributed by atoms with van der Waals surface area (Å²) in [7, 11) is 0. The number of fused-ring (bicyclic) bond motifs is 1. The molecule has 4 rings (SSSR count). The van der Waals surface area contributed by atoms with Crippen molar-refractivity contribution in [1.82, 2.24) is 9.66 Å². The third-order valence-corrected chi connectivity index (χ3v) is 6.62. The van der Waals surface area contributed by atoms with Crippen molar-refractivity contribution in [3.8, 4) is 5.75 Å². The van der Waals surface area contributed by atoms with Gasteiger partial charge < -0.3 is 10.1 Å². The van der Waals surface area contributed by atoms with Gasteiger partial charge in [-0.2, -0.15) is 9.78 Å². The lowest BCUT2D eigenvalue weighted by Crippen LogP contribution is -2.29. The van der Waals surface area contributed by atoms with Gasteiger partial charge in [0.1, 0.15) is 11.6 Å². The standard InChI is InChI=1S/C27H22Br2FN5O5/c1-27(2,3)26-33-20-9-8-16(28)12-17(20)25(37)34(26)31-13-15-10-18(29)24(22(11-15)35(38)39)40-14-23(36)32-21-7-5-4-6-19(21)30/h4-13H,14H2,1-3H3,(H,32,36). The Morgan fingerprint density at radius 3 is 2.60 bits per heavy atom. The van der Waals surface area contributed by atoms with Crippen LogP contribution in [-0.4, -0.2) is 33.3 Å². The first-order valence-electron chi connectivity index (χ1n) is 11.8. The van der Waals surface area contributed by atoms with E-state index in [1.165, 1.54) is 41.2 Å². The average Bonchev–Trinajstić information content (AvgIpc) is 2.88. The fourth-order valence-corrected chi connectivity index (χ4v) is 4.65. The molecule has 13 heteroatoms. The van der Waals surface area contributed by atoms with Crippen molar-refractivity contribution < 1.29 is 18.8 Å². The number of hydrogen-bond donors (Lipinski definition) is 1. The van der Waals surface area contributed by atoms with Crippen LogP contribution in [0.25, 0.3) is 10.9 Å². The van der Waals surface area contributed by atoms with Gasteiger partial charge in [-0.1, -0.05) is 48.8 Å². The van der Waals surface area contributed by atoms with Crippen molar-refractivity contribution in [1.29, 1.82) is 0 Å². The van der Waals surface area contributed by atoms with E-state index in [0.717, 1.165) is 0 Å². The Hall–Kier alpha value is -3.97. The maximum Gasteiger partial charge on any atom is 0.312 e. The van der Waals surface area contributed by atoms with Crippen LogP contribution in [-0.2, 0) is 10.2 Å². The van der Waals surface area contributed by atoms with Gasteiger partial charge in [-0.05, 0) is 52.3 Å². The molecular formula is C27H22Br2FN5O5. The number of para-hydroxylation sites is 1. The number of anilines is 1. The second kappa shape index (κ2) is 11.6. The van der Waals surface area contributed by atoms with Gasteiger partial charge in [-0.15, -0.1) is 0 Å². The molecular weight excluding hydrogens is 653 g/mol. The average molecular weight is 675 g/mol. The van der Waals surface area contributed by atoms with E-state index in [2.05, 4.69) is 47.3 Å². The minimum absolute atomic E-state index is 0.0448. The molecule has 3 aromatic carbocycles. The highest BCUT2D eigenvalue weighted by molar-refractivity contribution is 9.10. The normalized spacial score (nSPS) is 11.7. The number of amides is 1. The highest BCUT2D eigenvalue weighted by Gasteiger charge is 2.24. The minimum atomic E-state index is -0.707. The van der Waals surface area contributed by atoms with Crippen LogP contribution < -0.4 is 15.6 Å². The van der Waals surface area contributed by atoms with Crippen LogP contribution in [0.4, 0.5) is 15.8 Å². The third-order valence-electron chi connectivity index (χ3n) is 5.54. The van der Waals surface area contributed by atoms with Gasteiger partial charge in [0.25, 0.3) is 11.5 Å². The van der Waals surface area contributed by atoms with Gasteiger partial charge in [0.05, 0.1) is 32.2 Å². The quantitative estimate of drug-likeness (QED) is 0.142. The number of rotatable bonds is 7. The Kier molecular flexibility index (Phi) is 8.45. The lowest BCUT2D eigenvalue weighted by molar-refractivity contribution is -0.385. The van der Waals surface area contributed by atoms with Gasteiger partial charge in [0, 0.05) is 21.5 Å². The summed E-state index contributed by atoms with van der Waals surface area (Å²) in [5, 5.41) is 18.9. The molecule has 0 unspecified atom stereocenters. The molecule has 10 nitrogen and oxygen atoms in total. The summed E-state index contributed by atoms with van der Waals surface area (Å²) in [5.41, 5.74) is -0.644. The van der Waals surface area contributed by atoms with Crippen LogP contribution in [0, 0.1) is 15.9 Å². The number of benzene rings is 3. The number of aromatic nitrogens is 2. The number of carbonyl (C=O) groups is 1. The van der Waals surface area contributed by atoms with Gasteiger partial charge in [0.15, 0.2) is 6.61 Å². The number of nitrogens with zero attached hydrogens (tertiary/aromatic N) is 4. The van der Waals surface area contributed by atoms with Crippen LogP contribution in [0.15, 0.2) is 73.4 Å². The molecule has 1 amide bonds. The van der Waals surface area contributed by atoms with Crippen molar-refractivity contribution in [2.24, 2.45) is 5.10 Å². The summed E-state index contributed by atoms with van der Waals surface area (Å²) in [6.45, 7) is 5.06. The Labute approximate surface area is 244 Å². The van der Waals surface area contributed by atoms with Crippen LogP contribution in [0.2, 0.25) is 0 Å². The minimum Gasteiger partial charge on any atom is -0.476 e. The molecule has 0 bridgehead atoms. The number of hydrogen-bond acceptors (Lipinski definition) is 7. The zero-order valence-corrected chi connectivity index (χ0v) is 24.6. The molecule has 1 N–H and O–H groups in total. The number of nitro benzene ring substituents is 1. The molecule has 0 saturated heterocycles. The van der Waals surface area contributed by atoms with Crippen molar-refractivity contribution in [2.45, 2.75) is 26.2 Å². The molecule has 0 aliphatic rings. The number of nitrogens with one attached hydrogen (secondary N) is 1. The van der Waals surface area contributed by atoms with E-state index in [1.807, 2.05) is 20.8 Å². The monoisotopic (exact) mass is 673 g/mol. The Morgan fingerprint density at radius 1 is 1.20 bits per heavy atom. The second-order valence-corrected chi connectivity index (χ2v) is 11.4. The topological polar surface area (TPSA) is 129 Å². The predicted octanol–water partition coefficient (Wildman–Crippen LogP) is 6.17. The van der Waals surface area contributed by atoms with Gasteiger partial charge >= 0.3 is 5.69 Å². The Balaban J connectivity index is 1.66. The number of carbonyl (C=O) groups excluding carboxylic acids is 1. The summed E-state index contributed by atoms with van der Waals surface area (Å²) in [6, 6.07) is 13.5. The van der Waals surface area contributed by atoms with E-state index >= 15 is 0 Å². The number of halogens is 3. The van der Waals surface area contributed by atoms with Crippen LogP contribution in [0.5, 0.6) is 5.75 Å². The Bertz CT molecular complexity index is 1730. The van der Waals surface area contributed by atoms with Gasteiger partial charge in [0.2, 0.25) is 5.75 Å². The molecule has 0 atom stereocenters. The van der Waals surface area contributed by atoms with Crippen LogP contribution >= 0.6 is 31.9 Å². The molecule has 4 aromatic rings. The first-order chi connectivity index (χ1) is 18.8. The largest absolute Gasteiger partial charge is 0.476 e. The first-order valence-corrected chi connectivity index (χ1v) is 13.4. The van der Waals surface area contributed by atoms with Gasteiger partial charge in [-0.25, -0.2) is 9.37 Å². The molecule has 0 fully saturated rings. The summed E-state index contributed by atoms with van der Waals surface area (Å²) < 4.78 is 21.3. The van der Waals surface area contributed by atoms with E-state index in [4.69, 9.17) is 4.74 Å². The van der Waals surface area contributed by atoms with Gasteiger partial charge in [-0.3, -0.25) is 19.7 Å². The molecule has 40 heavy (non-hydrogen) atoms. The molecule has 0 saturated carbocycles. The molecule has 206 valence electrons. The molecule has 0 radical (unpaired) electrons. The van der Waals surface area contributed by atoms with Crippen molar-refractivity contribution in [3.05, 3.63) is 101 Å². The SMILES string of the molecule is CC(C)(C)c1nc2ccc(Br)cc2c(=O)n1N=Cc1cc(Br)c(OCC(=O)Nc2ccccc2F)c([N+](=O)[O-])c1. The smallest absolute Gasteiger partial charge is 0.312 e. The predicted molar refractivity (Wildman–Crippen MR) is 157 cm³/mol. The fourth-order valence-electron chi connectivity index (χ4n) is 3.70. The third kappa shape index (κ3) is 6.42. The van der Waals surface area contributed by atoms with Crippen molar-refractivity contribution >= 4 is 66.3 Å². The molecule has 0 aliphatic heterocycles.